The van der Waals surface area contributed by atoms with E-state index in [0.717, 1.165) is 25.5 Å². The molecule has 0 aliphatic carbocycles. The Bertz CT molecular complexity index is 332. The number of likely N-dealkylation sites (tertiary alicyclic amines) is 1. The summed E-state index contributed by atoms with van der Waals surface area (Å²) in [4.78, 5) is 13.2. The van der Waals surface area contributed by atoms with Crippen molar-refractivity contribution < 1.29 is 13.2 Å². The van der Waals surface area contributed by atoms with E-state index in [1.54, 1.807) is 4.90 Å². The molecule has 1 aliphatic rings. The molecule has 0 aromatic heterocycles. The molecule has 1 amide bonds. The van der Waals surface area contributed by atoms with Gasteiger partial charge in [0.25, 0.3) is 0 Å². The van der Waals surface area contributed by atoms with E-state index in [2.05, 4.69) is 0 Å². The van der Waals surface area contributed by atoms with Gasteiger partial charge in [-0.3, -0.25) is 4.79 Å². The first kappa shape index (κ1) is 13.4. The molecule has 1 aliphatic heterocycles. The highest BCUT2D eigenvalue weighted by atomic mass is 32.2. The van der Waals surface area contributed by atoms with Crippen molar-refractivity contribution in [1.29, 1.82) is 0 Å². The van der Waals surface area contributed by atoms with Gasteiger partial charge in [0.05, 0.1) is 0 Å². The van der Waals surface area contributed by atoms with Crippen LogP contribution in [0.25, 0.3) is 0 Å². The van der Waals surface area contributed by atoms with Gasteiger partial charge in [0, 0.05) is 19.3 Å². The Morgan fingerprint density at radius 2 is 1.94 bits per heavy atom. The molecule has 0 atom stereocenters. The first-order valence-corrected chi connectivity index (χ1v) is 7.64. The summed E-state index contributed by atoms with van der Waals surface area (Å²) >= 11 is 0. The fraction of sp³-hybridized carbons (Fsp3) is 0.900. The molecule has 1 rings (SSSR count). The van der Waals surface area contributed by atoms with Crippen LogP contribution in [-0.2, 0) is 14.6 Å². The van der Waals surface area contributed by atoms with Gasteiger partial charge in [-0.2, -0.15) is 0 Å². The van der Waals surface area contributed by atoms with E-state index in [0.29, 0.717) is 25.6 Å². The molecule has 16 heavy (non-hydrogen) atoms. The monoisotopic (exact) mass is 248 g/mol. The molecule has 5 nitrogen and oxygen atoms in total. The fourth-order valence-electron chi connectivity index (χ4n) is 2.02. The summed E-state index contributed by atoms with van der Waals surface area (Å²) in [5.41, 5.74) is 5.48. The highest BCUT2D eigenvalue weighted by molar-refractivity contribution is 7.91. The van der Waals surface area contributed by atoms with Crippen LogP contribution in [0.5, 0.6) is 0 Å². The summed E-state index contributed by atoms with van der Waals surface area (Å²) in [5.74, 6) is -0.0462. The topological polar surface area (TPSA) is 80.5 Å². The number of hydrogen-bond acceptors (Lipinski definition) is 4. The molecule has 0 bridgehead atoms. The van der Waals surface area contributed by atoms with Crippen molar-refractivity contribution in [2.24, 2.45) is 11.7 Å². The third-order valence-corrected chi connectivity index (χ3v) is 3.70. The predicted molar refractivity (Wildman–Crippen MR) is 62.7 cm³/mol. The van der Waals surface area contributed by atoms with Crippen molar-refractivity contribution in [3.05, 3.63) is 0 Å². The van der Waals surface area contributed by atoms with Crippen LogP contribution >= 0.6 is 0 Å². The molecule has 0 aromatic rings. The molecular weight excluding hydrogens is 228 g/mol. The zero-order valence-electron chi connectivity index (χ0n) is 9.68. The molecule has 0 saturated carbocycles. The summed E-state index contributed by atoms with van der Waals surface area (Å²) in [6.45, 7) is 2.01. The maximum atomic E-state index is 11.6. The number of hydrogen-bond donors (Lipinski definition) is 1. The number of carbonyl (C=O) groups is 1. The van der Waals surface area contributed by atoms with E-state index in [4.69, 9.17) is 5.73 Å². The lowest BCUT2D eigenvalue weighted by molar-refractivity contribution is -0.129. The van der Waals surface area contributed by atoms with Gasteiger partial charge >= 0.3 is 0 Å². The van der Waals surface area contributed by atoms with E-state index < -0.39 is 9.84 Å². The fourth-order valence-corrected chi connectivity index (χ4v) is 2.65. The number of nitrogens with two attached hydrogens (primary N) is 1. The van der Waals surface area contributed by atoms with Gasteiger partial charge in [0.1, 0.15) is 5.75 Å². The lowest BCUT2D eigenvalue weighted by atomic mass is 9.94. The van der Waals surface area contributed by atoms with Crippen LogP contribution in [0, 0.1) is 5.92 Å². The van der Waals surface area contributed by atoms with Gasteiger partial charge in [0.15, 0.2) is 9.84 Å². The molecule has 1 fully saturated rings. The van der Waals surface area contributed by atoms with E-state index in [1.807, 2.05) is 0 Å². The van der Waals surface area contributed by atoms with Gasteiger partial charge in [-0.05, 0) is 31.7 Å². The van der Waals surface area contributed by atoms with Crippen LogP contribution in [0.4, 0.5) is 0 Å². The van der Waals surface area contributed by atoms with E-state index in [-0.39, 0.29) is 11.7 Å². The highest BCUT2D eigenvalue weighted by Gasteiger charge is 2.24. The zero-order chi connectivity index (χ0) is 12.2. The van der Waals surface area contributed by atoms with Gasteiger partial charge < -0.3 is 10.6 Å². The maximum absolute atomic E-state index is 11.6. The second-order valence-corrected chi connectivity index (χ2v) is 6.61. The second-order valence-electron chi connectivity index (χ2n) is 4.47. The van der Waals surface area contributed by atoms with Crippen molar-refractivity contribution in [3.63, 3.8) is 0 Å². The minimum atomic E-state index is -3.21. The normalized spacial score (nSPS) is 18.8. The van der Waals surface area contributed by atoms with Crippen LogP contribution < -0.4 is 5.73 Å². The van der Waals surface area contributed by atoms with Gasteiger partial charge in [-0.15, -0.1) is 0 Å². The van der Waals surface area contributed by atoms with Crippen LogP contribution in [-0.4, -0.2) is 50.9 Å². The molecule has 0 radical (unpaired) electrons. The molecular formula is C10H20N2O3S. The van der Waals surface area contributed by atoms with E-state index in [9.17, 15) is 13.2 Å². The molecule has 94 valence electrons. The smallest absolute Gasteiger partial charge is 0.237 e. The minimum Gasteiger partial charge on any atom is -0.342 e. The van der Waals surface area contributed by atoms with E-state index in [1.165, 1.54) is 0 Å². The summed E-state index contributed by atoms with van der Waals surface area (Å²) < 4.78 is 22.0. The molecule has 1 heterocycles. The average Bonchev–Trinajstić information content (AvgIpc) is 2.16. The first-order valence-electron chi connectivity index (χ1n) is 5.58. The lowest BCUT2D eigenvalue weighted by Crippen LogP contribution is -2.41. The average molecular weight is 248 g/mol. The molecule has 1 saturated heterocycles. The molecule has 0 aromatic carbocycles. The molecule has 0 spiro atoms. The van der Waals surface area contributed by atoms with Crippen LogP contribution in [0.1, 0.15) is 19.3 Å². The summed E-state index contributed by atoms with van der Waals surface area (Å²) in [7, 11) is -3.21. The maximum Gasteiger partial charge on any atom is 0.237 e. The standard InChI is InChI=1S/C10H20N2O3S/c1-16(14,15)8-10(13)12-6-3-9(2-5-11)4-7-12/h9H,2-8,11H2,1H3. The molecule has 0 unspecified atom stereocenters. The van der Waals surface area contributed by atoms with Crippen molar-refractivity contribution in [2.75, 3.05) is 31.6 Å². The third kappa shape index (κ3) is 4.49. The Labute approximate surface area is 96.9 Å². The second kappa shape index (κ2) is 5.63. The molecule has 2 N–H and O–H groups in total. The highest BCUT2D eigenvalue weighted by Crippen LogP contribution is 2.19. The van der Waals surface area contributed by atoms with E-state index >= 15 is 0 Å². The van der Waals surface area contributed by atoms with Gasteiger partial charge in [-0.25, -0.2) is 8.42 Å². The largest absolute Gasteiger partial charge is 0.342 e. The van der Waals surface area contributed by atoms with Crippen molar-refractivity contribution in [3.8, 4) is 0 Å². The lowest BCUT2D eigenvalue weighted by Gasteiger charge is -2.31. The van der Waals surface area contributed by atoms with Crippen molar-refractivity contribution >= 4 is 15.7 Å². The Morgan fingerprint density at radius 3 is 2.38 bits per heavy atom. The summed E-state index contributed by atoms with van der Waals surface area (Å²) in [5, 5.41) is 0. The molecule has 6 heteroatoms. The summed E-state index contributed by atoms with van der Waals surface area (Å²) in [6.07, 6.45) is 3.96. The number of amides is 1. The zero-order valence-corrected chi connectivity index (χ0v) is 10.5. The third-order valence-electron chi connectivity index (χ3n) is 2.93. The summed E-state index contributed by atoms with van der Waals surface area (Å²) in [6, 6.07) is 0. The van der Waals surface area contributed by atoms with Crippen molar-refractivity contribution in [2.45, 2.75) is 19.3 Å². The van der Waals surface area contributed by atoms with Crippen LogP contribution in [0.2, 0.25) is 0 Å². The first-order chi connectivity index (χ1) is 7.42. The van der Waals surface area contributed by atoms with Crippen LogP contribution in [0.3, 0.4) is 0 Å². The minimum absolute atomic E-state index is 0.270. The number of carbonyl (C=O) groups excluding carboxylic acids is 1. The van der Waals surface area contributed by atoms with Gasteiger partial charge in [-0.1, -0.05) is 0 Å². The number of rotatable bonds is 4. The predicted octanol–water partition coefficient (Wildman–Crippen LogP) is -0.382. The Kier molecular flexibility index (Phi) is 4.73. The van der Waals surface area contributed by atoms with Crippen molar-refractivity contribution in [1.82, 2.24) is 4.90 Å². The Balaban J connectivity index is 2.39. The Morgan fingerprint density at radius 1 is 1.38 bits per heavy atom. The number of piperidine rings is 1. The quantitative estimate of drug-likeness (QED) is 0.735. The number of sulfone groups is 1. The SMILES string of the molecule is CS(=O)(=O)CC(=O)N1CCC(CCN)CC1. The number of nitrogens with zero attached hydrogens (tertiary/aromatic N) is 1. The van der Waals surface area contributed by atoms with Gasteiger partial charge in [0.2, 0.25) is 5.91 Å². The Hall–Kier alpha value is -0.620. The van der Waals surface area contributed by atoms with Crippen LogP contribution in [0.15, 0.2) is 0 Å².